The minimum Gasteiger partial charge on any atom is -0.329 e. The number of carbonyl (C=O) groups is 2. The predicted molar refractivity (Wildman–Crippen MR) is 58.8 cm³/mol. The number of piperidine rings is 1. The number of nitrogens with two attached hydrogens (primary N) is 1. The van der Waals surface area contributed by atoms with Crippen LogP contribution in [0.1, 0.15) is 12.8 Å². The molecule has 3 N–H and O–H groups in total. The lowest BCUT2D eigenvalue weighted by atomic mass is 10.0. The molecule has 90 valence electrons. The van der Waals surface area contributed by atoms with E-state index in [4.69, 9.17) is 5.73 Å². The highest BCUT2D eigenvalue weighted by molar-refractivity contribution is 6.02. The molecule has 6 nitrogen and oxygen atoms in total. The van der Waals surface area contributed by atoms with E-state index in [9.17, 15) is 9.59 Å². The molecule has 3 amide bonds. The Labute approximate surface area is 94.7 Å². The Morgan fingerprint density at radius 2 is 2.00 bits per heavy atom. The van der Waals surface area contributed by atoms with Crippen molar-refractivity contribution in [1.29, 1.82) is 0 Å². The van der Waals surface area contributed by atoms with Crippen LogP contribution < -0.4 is 11.1 Å². The number of nitrogens with one attached hydrogen (secondary N) is 1. The molecule has 0 aromatic carbocycles. The largest absolute Gasteiger partial charge is 0.329 e. The summed E-state index contributed by atoms with van der Waals surface area (Å²) in [5, 5.41) is 2.56. The molecule has 0 atom stereocenters. The van der Waals surface area contributed by atoms with E-state index in [2.05, 4.69) is 10.2 Å². The van der Waals surface area contributed by atoms with Gasteiger partial charge in [0.15, 0.2) is 0 Å². The van der Waals surface area contributed by atoms with Gasteiger partial charge in [0, 0.05) is 32.2 Å². The molecule has 2 aliphatic heterocycles. The molecule has 0 saturated carbocycles. The molecular weight excluding hydrogens is 208 g/mol. The molecule has 2 heterocycles. The van der Waals surface area contributed by atoms with Crippen LogP contribution >= 0.6 is 0 Å². The zero-order chi connectivity index (χ0) is 11.5. The van der Waals surface area contributed by atoms with Gasteiger partial charge in [0.05, 0.1) is 6.54 Å². The second-order valence-corrected chi connectivity index (χ2v) is 4.28. The third-order valence-electron chi connectivity index (χ3n) is 3.25. The van der Waals surface area contributed by atoms with Gasteiger partial charge >= 0.3 is 6.03 Å². The summed E-state index contributed by atoms with van der Waals surface area (Å²) < 4.78 is 0. The number of rotatable bonds is 3. The molecule has 2 saturated heterocycles. The lowest BCUT2D eigenvalue weighted by molar-refractivity contribution is -0.127. The van der Waals surface area contributed by atoms with Gasteiger partial charge in [-0.3, -0.25) is 9.69 Å². The highest BCUT2D eigenvalue weighted by atomic mass is 16.2. The molecule has 2 rings (SSSR count). The number of amides is 3. The van der Waals surface area contributed by atoms with Crippen molar-refractivity contribution in [2.75, 3.05) is 32.7 Å². The van der Waals surface area contributed by atoms with Gasteiger partial charge in [0.2, 0.25) is 5.91 Å². The van der Waals surface area contributed by atoms with Gasteiger partial charge in [-0.05, 0) is 12.8 Å². The van der Waals surface area contributed by atoms with Gasteiger partial charge in [0.25, 0.3) is 0 Å². The monoisotopic (exact) mass is 226 g/mol. The summed E-state index contributed by atoms with van der Waals surface area (Å²) in [5.74, 6) is -0.0951. The van der Waals surface area contributed by atoms with Crippen molar-refractivity contribution < 1.29 is 9.59 Å². The summed E-state index contributed by atoms with van der Waals surface area (Å²) in [4.78, 5) is 26.6. The van der Waals surface area contributed by atoms with E-state index in [0.717, 1.165) is 32.5 Å². The fourth-order valence-corrected chi connectivity index (χ4v) is 2.39. The SMILES string of the molecule is NCCN1CCC(N2C(=O)CNC2=O)CC1. The Kier molecular flexibility index (Phi) is 3.40. The second-order valence-electron chi connectivity index (χ2n) is 4.28. The molecule has 0 unspecified atom stereocenters. The minimum absolute atomic E-state index is 0.0732. The van der Waals surface area contributed by atoms with Crippen LogP contribution in [0.15, 0.2) is 0 Å². The predicted octanol–water partition coefficient (Wildman–Crippen LogP) is -1.04. The van der Waals surface area contributed by atoms with E-state index in [-0.39, 0.29) is 24.5 Å². The minimum atomic E-state index is -0.234. The normalized spacial score (nSPS) is 23.9. The van der Waals surface area contributed by atoms with Gasteiger partial charge in [0.1, 0.15) is 0 Å². The second kappa shape index (κ2) is 4.80. The first-order valence-corrected chi connectivity index (χ1v) is 5.74. The smallest absolute Gasteiger partial charge is 0.324 e. The van der Waals surface area contributed by atoms with Crippen molar-refractivity contribution in [3.05, 3.63) is 0 Å². The molecule has 0 radical (unpaired) electrons. The summed E-state index contributed by atoms with van der Waals surface area (Å²) >= 11 is 0. The number of hydrogen-bond acceptors (Lipinski definition) is 4. The van der Waals surface area contributed by atoms with E-state index in [1.165, 1.54) is 4.90 Å². The van der Waals surface area contributed by atoms with Crippen LogP contribution in [0.2, 0.25) is 0 Å². The Bertz CT molecular complexity index is 271. The van der Waals surface area contributed by atoms with Crippen molar-refractivity contribution in [3.8, 4) is 0 Å². The zero-order valence-electron chi connectivity index (χ0n) is 9.32. The van der Waals surface area contributed by atoms with Crippen molar-refractivity contribution >= 4 is 11.9 Å². The first kappa shape index (κ1) is 11.3. The first-order chi connectivity index (χ1) is 7.72. The van der Waals surface area contributed by atoms with Gasteiger partial charge in [-0.25, -0.2) is 4.79 Å². The molecule has 6 heteroatoms. The highest BCUT2D eigenvalue weighted by Gasteiger charge is 2.36. The molecule has 0 aromatic heterocycles. The maximum atomic E-state index is 11.5. The highest BCUT2D eigenvalue weighted by Crippen LogP contribution is 2.18. The van der Waals surface area contributed by atoms with E-state index in [1.54, 1.807) is 0 Å². The van der Waals surface area contributed by atoms with Gasteiger partial charge in [-0.1, -0.05) is 0 Å². The first-order valence-electron chi connectivity index (χ1n) is 5.74. The lowest BCUT2D eigenvalue weighted by Gasteiger charge is -2.34. The summed E-state index contributed by atoms with van der Waals surface area (Å²) in [6, 6.07) is -0.161. The third-order valence-corrected chi connectivity index (χ3v) is 3.25. The van der Waals surface area contributed by atoms with Crippen LogP contribution in [0, 0.1) is 0 Å². The number of imide groups is 1. The molecular formula is C10H18N4O2. The number of carbonyl (C=O) groups excluding carboxylic acids is 2. The van der Waals surface area contributed by atoms with Crippen molar-refractivity contribution in [2.45, 2.75) is 18.9 Å². The van der Waals surface area contributed by atoms with Gasteiger partial charge in [-0.2, -0.15) is 0 Å². The molecule has 2 aliphatic rings. The third kappa shape index (κ3) is 2.17. The molecule has 0 bridgehead atoms. The Morgan fingerprint density at radius 3 is 2.50 bits per heavy atom. The standard InChI is InChI=1S/C10H18N4O2/c11-3-6-13-4-1-8(2-5-13)14-9(15)7-12-10(14)16/h8H,1-7,11H2,(H,12,16). The summed E-state index contributed by atoms with van der Waals surface area (Å²) in [6.07, 6.45) is 1.72. The van der Waals surface area contributed by atoms with Crippen LogP contribution in [-0.2, 0) is 4.79 Å². The molecule has 0 spiro atoms. The lowest BCUT2D eigenvalue weighted by Crippen LogP contribution is -2.48. The molecule has 0 aromatic rings. The van der Waals surface area contributed by atoms with E-state index in [0.29, 0.717) is 6.54 Å². The quantitative estimate of drug-likeness (QED) is 0.603. The average Bonchev–Trinajstić information content (AvgIpc) is 2.61. The van der Waals surface area contributed by atoms with E-state index in [1.807, 2.05) is 0 Å². The van der Waals surface area contributed by atoms with Crippen LogP contribution in [-0.4, -0.2) is 60.5 Å². The number of hydrogen-bond donors (Lipinski definition) is 2. The van der Waals surface area contributed by atoms with Crippen molar-refractivity contribution in [2.24, 2.45) is 5.73 Å². The fraction of sp³-hybridized carbons (Fsp3) is 0.800. The molecule has 0 aliphatic carbocycles. The van der Waals surface area contributed by atoms with Gasteiger partial charge in [-0.15, -0.1) is 0 Å². The van der Waals surface area contributed by atoms with E-state index < -0.39 is 0 Å². The number of nitrogens with zero attached hydrogens (tertiary/aromatic N) is 2. The Hall–Kier alpha value is -1.14. The Balaban J connectivity index is 1.88. The maximum absolute atomic E-state index is 11.5. The maximum Gasteiger partial charge on any atom is 0.324 e. The van der Waals surface area contributed by atoms with Crippen molar-refractivity contribution in [1.82, 2.24) is 15.1 Å². The molecule has 16 heavy (non-hydrogen) atoms. The molecule has 2 fully saturated rings. The van der Waals surface area contributed by atoms with Crippen LogP contribution in [0.25, 0.3) is 0 Å². The average molecular weight is 226 g/mol. The van der Waals surface area contributed by atoms with Crippen LogP contribution in [0.4, 0.5) is 4.79 Å². The van der Waals surface area contributed by atoms with Gasteiger partial charge < -0.3 is 16.0 Å². The fourth-order valence-electron chi connectivity index (χ4n) is 2.39. The van der Waals surface area contributed by atoms with E-state index >= 15 is 0 Å². The summed E-state index contributed by atoms with van der Waals surface area (Å²) in [5.41, 5.74) is 5.49. The van der Waals surface area contributed by atoms with Crippen molar-refractivity contribution in [3.63, 3.8) is 0 Å². The van der Waals surface area contributed by atoms with Crippen LogP contribution in [0.5, 0.6) is 0 Å². The Morgan fingerprint density at radius 1 is 1.31 bits per heavy atom. The summed E-state index contributed by atoms with van der Waals surface area (Å²) in [6.45, 7) is 3.54. The summed E-state index contributed by atoms with van der Waals surface area (Å²) in [7, 11) is 0. The zero-order valence-corrected chi connectivity index (χ0v) is 9.32. The van der Waals surface area contributed by atoms with Crippen LogP contribution in [0.3, 0.4) is 0 Å². The topological polar surface area (TPSA) is 78.7 Å². The number of urea groups is 1. The number of likely N-dealkylation sites (tertiary alicyclic amines) is 1.